The Morgan fingerprint density at radius 3 is 2.91 bits per heavy atom. The molecular weight excluding hydrogens is 284 g/mol. The molecule has 2 aliphatic heterocycles. The number of carbonyl (C=O) groups is 1. The third kappa shape index (κ3) is 3.30. The Balaban J connectivity index is 1.66. The molecule has 1 amide bonds. The molecule has 2 saturated heterocycles. The third-order valence-corrected chi connectivity index (χ3v) is 4.12. The molecule has 0 bridgehead atoms. The van der Waals surface area contributed by atoms with Gasteiger partial charge < -0.3 is 19.3 Å². The third-order valence-electron chi connectivity index (χ3n) is 4.12. The number of ether oxygens (including phenoxy) is 2. The van der Waals surface area contributed by atoms with E-state index < -0.39 is 6.10 Å². The van der Waals surface area contributed by atoms with Gasteiger partial charge in [-0.2, -0.15) is 4.98 Å². The van der Waals surface area contributed by atoms with Crippen LogP contribution in [0.15, 0.2) is 12.3 Å². The first-order chi connectivity index (χ1) is 10.8. The van der Waals surface area contributed by atoms with Crippen molar-refractivity contribution in [1.29, 1.82) is 0 Å². The standard InChI is InChI=1S/C15H22N4O3/c1-21-13-5-6-16-15(17-13)19-9-10-22-12(11-19)14(20)18-7-3-2-4-8-18/h5-6,12H,2-4,7-11H2,1H3. The van der Waals surface area contributed by atoms with Crippen molar-refractivity contribution in [1.82, 2.24) is 14.9 Å². The highest BCUT2D eigenvalue weighted by Crippen LogP contribution is 2.18. The molecule has 1 unspecified atom stereocenters. The van der Waals surface area contributed by atoms with Gasteiger partial charge in [-0.15, -0.1) is 0 Å². The van der Waals surface area contributed by atoms with E-state index in [0.717, 1.165) is 25.9 Å². The molecule has 0 saturated carbocycles. The lowest BCUT2D eigenvalue weighted by Crippen LogP contribution is -2.52. The van der Waals surface area contributed by atoms with Crippen molar-refractivity contribution in [2.24, 2.45) is 0 Å². The highest BCUT2D eigenvalue weighted by molar-refractivity contribution is 5.82. The Bertz CT molecular complexity index is 519. The lowest BCUT2D eigenvalue weighted by Gasteiger charge is -2.36. The van der Waals surface area contributed by atoms with Crippen molar-refractivity contribution in [2.45, 2.75) is 25.4 Å². The zero-order valence-electron chi connectivity index (χ0n) is 12.9. The first-order valence-electron chi connectivity index (χ1n) is 7.80. The lowest BCUT2D eigenvalue weighted by molar-refractivity contribution is -0.145. The van der Waals surface area contributed by atoms with Crippen LogP contribution in [0.1, 0.15) is 19.3 Å². The van der Waals surface area contributed by atoms with Crippen LogP contribution >= 0.6 is 0 Å². The van der Waals surface area contributed by atoms with E-state index in [9.17, 15) is 4.79 Å². The molecule has 1 atom stereocenters. The second-order valence-corrected chi connectivity index (χ2v) is 5.59. The maximum absolute atomic E-state index is 12.6. The van der Waals surface area contributed by atoms with Crippen LogP contribution in [-0.2, 0) is 9.53 Å². The fourth-order valence-corrected chi connectivity index (χ4v) is 2.90. The molecule has 7 nitrogen and oxygen atoms in total. The van der Waals surface area contributed by atoms with Crippen LogP contribution in [0.2, 0.25) is 0 Å². The number of hydrogen-bond acceptors (Lipinski definition) is 6. The first-order valence-corrected chi connectivity index (χ1v) is 7.80. The van der Waals surface area contributed by atoms with Crippen molar-refractivity contribution in [3.8, 4) is 5.88 Å². The minimum absolute atomic E-state index is 0.0901. The molecule has 7 heteroatoms. The number of likely N-dealkylation sites (tertiary alicyclic amines) is 1. The van der Waals surface area contributed by atoms with Gasteiger partial charge in [0.1, 0.15) is 0 Å². The van der Waals surface area contributed by atoms with Gasteiger partial charge in [0.15, 0.2) is 6.10 Å². The topological polar surface area (TPSA) is 67.8 Å². The molecule has 2 fully saturated rings. The molecular formula is C15H22N4O3. The first kappa shape index (κ1) is 15.0. The molecule has 0 N–H and O–H groups in total. The van der Waals surface area contributed by atoms with Crippen LogP contribution in [-0.4, -0.2) is 66.8 Å². The van der Waals surface area contributed by atoms with Crippen molar-refractivity contribution in [2.75, 3.05) is 44.8 Å². The summed E-state index contributed by atoms with van der Waals surface area (Å²) in [5, 5.41) is 0. The van der Waals surface area contributed by atoms with Crippen molar-refractivity contribution >= 4 is 11.9 Å². The minimum atomic E-state index is -0.429. The Labute approximate surface area is 130 Å². The molecule has 2 aliphatic rings. The fraction of sp³-hybridized carbons (Fsp3) is 0.667. The maximum Gasteiger partial charge on any atom is 0.253 e. The number of nitrogens with zero attached hydrogens (tertiary/aromatic N) is 4. The Morgan fingerprint density at radius 2 is 2.14 bits per heavy atom. The smallest absolute Gasteiger partial charge is 0.253 e. The molecule has 3 heterocycles. The van der Waals surface area contributed by atoms with Crippen LogP contribution in [0.25, 0.3) is 0 Å². The Morgan fingerprint density at radius 1 is 1.32 bits per heavy atom. The van der Waals surface area contributed by atoms with E-state index in [-0.39, 0.29) is 5.91 Å². The molecule has 0 spiro atoms. The summed E-state index contributed by atoms with van der Waals surface area (Å²) < 4.78 is 10.8. The quantitative estimate of drug-likeness (QED) is 0.819. The van der Waals surface area contributed by atoms with E-state index in [4.69, 9.17) is 9.47 Å². The summed E-state index contributed by atoms with van der Waals surface area (Å²) in [6.07, 6.45) is 4.61. The number of piperidine rings is 1. The fourth-order valence-electron chi connectivity index (χ4n) is 2.90. The maximum atomic E-state index is 12.6. The molecule has 120 valence electrons. The summed E-state index contributed by atoms with van der Waals surface area (Å²) in [6, 6.07) is 1.71. The molecule has 3 rings (SSSR count). The number of anilines is 1. The largest absolute Gasteiger partial charge is 0.481 e. The van der Waals surface area contributed by atoms with E-state index in [1.54, 1.807) is 19.4 Å². The molecule has 22 heavy (non-hydrogen) atoms. The Kier molecular flexibility index (Phi) is 4.72. The molecule has 1 aromatic heterocycles. The van der Waals surface area contributed by atoms with Crippen molar-refractivity contribution in [3.63, 3.8) is 0 Å². The number of morpholine rings is 1. The van der Waals surface area contributed by atoms with Crippen molar-refractivity contribution < 1.29 is 14.3 Å². The van der Waals surface area contributed by atoms with Gasteiger partial charge in [0, 0.05) is 31.9 Å². The van der Waals surface area contributed by atoms with E-state index in [1.807, 2.05) is 9.80 Å². The molecule has 0 radical (unpaired) electrons. The van der Waals surface area contributed by atoms with Crippen LogP contribution in [0, 0.1) is 0 Å². The zero-order valence-corrected chi connectivity index (χ0v) is 12.9. The van der Waals surface area contributed by atoms with Gasteiger partial charge in [-0.05, 0) is 19.3 Å². The predicted molar refractivity (Wildman–Crippen MR) is 81.0 cm³/mol. The van der Waals surface area contributed by atoms with Gasteiger partial charge in [0.25, 0.3) is 5.91 Å². The summed E-state index contributed by atoms with van der Waals surface area (Å²) in [5.41, 5.74) is 0. The summed E-state index contributed by atoms with van der Waals surface area (Å²) >= 11 is 0. The predicted octanol–water partition coefficient (Wildman–Crippen LogP) is 0.703. The highest BCUT2D eigenvalue weighted by atomic mass is 16.5. The normalized spacial score (nSPS) is 22.5. The van der Waals surface area contributed by atoms with Gasteiger partial charge in [0.2, 0.25) is 11.8 Å². The average Bonchev–Trinajstić information content (AvgIpc) is 2.62. The zero-order chi connectivity index (χ0) is 15.4. The Hall–Kier alpha value is -1.89. The van der Waals surface area contributed by atoms with Gasteiger partial charge >= 0.3 is 0 Å². The lowest BCUT2D eigenvalue weighted by atomic mass is 10.1. The van der Waals surface area contributed by atoms with Crippen LogP contribution in [0.5, 0.6) is 5.88 Å². The van der Waals surface area contributed by atoms with Gasteiger partial charge in [-0.1, -0.05) is 0 Å². The SMILES string of the molecule is COc1ccnc(N2CCOC(C(=O)N3CCCCC3)C2)n1. The molecule has 0 aromatic carbocycles. The summed E-state index contributed by atoms with van der Waals surface area (Å²) in [5.74, 6) is 1.20. The minimum Gasteiger partial charge on any atom is -0.481 e. The highest BCUT2D eigenvalue weighted by Gasteiger charge is 2.31. The van der Waals surface area contributed by atoms with Crippen LogP contribution in [0.3, 0.4) is 0 Å². The van der Waals surface area contributed by atoms with Gasteiger partial charge in [-0.25, -0.2) is 4.98 Å². The van der Waals surface area contributed by atoms with Gasteiger partial charge in [0.05, 0.1) is 20.3 Å². The number of carbonyl (C=O) groups excluding carboxylic acids is 1. The number of methoxy groups -OCH3 is 1. The van der Waals surface area contributed by atoms with E-state index >= 15 is 0 Å². The monoisotopic (exact) mass is 306 g/mol. The number of aromatic nitrogens is 2. The van der Waals surface area contributed by atoms with Crippen LogP contribution in [0.4, 0.5) is 5.95 Å². The van der Waals surface area contributed by atoms with Gasteiger partial charge in [-0.3, -0.25) is 4.79 Å². The average molecular weight is 306 g/mol. The van der Waals surface area contributed by atoms with Crippen molar-refractivity contribution in [3.05, 3.63) is 12.3 Å². The summed E-state index contributed by atoms with van der Waals surface area (Å²) in [4.78, 5) is 25.1. The van der Waals surface area contributed by atoms with Crippen LogP contribution < -0.4 is 9.64 Å². The number of rotatable bonds is 3. The summed E-state index contributed by atoms with van der Waals surface area (Å²) in [6.45, 7) is 3.35. The van der Waals surface area contributed by atoms with E-state index in [1.165, 1.54) is 6.42 Å². The summed E-state index contributed by atoms with van der Waals surface area (Å²) in [7, 11) is 1.58. The second kappa shape index (κ2) is 6.91. The van der Waals surface area contributed by atoms with E-state index in [0.29, 0.717) is 31.5 Å². The second-order valence-electron chi connectivity index (χ2n) is 5.59. The molecule has 1 aromatic rings. The number of amides is 1. The van der Waals surface area contributed by atoms with E-state index in [2.05, 4.69) is 9.97 Å². The molecule has 0 aliphatic carbocycles. The number of hydrogen-bond donors (Lipinski definition) is 0.